The van der Waals surface area contributed by atoms with Gasteiger partial charge < -0.3 is 4.90 Å². The first kappa shape index (κ1) is 23.8. The largest absolute Gasteiger partial charge is 0.335 e. The Balaban J connectivity index is 1.36. The van der Waals surface area contributed by atoms with Crippen molar-refractivity contribution >= 4 is 17.7 Å². The number of hydrogen-bond donors (Lipinski definition) is 0. The van der Waals surface area contributed by atoms with E-state index in [0.717, 1.165) is 59.2 Å². The molecule has 0 N–H and O–H groups in total. The lowest BCUT2D eigenvalue weighted by Gasteiger charge is -2.20. The van der Waals surface area contributed by atoms with Gasteiger partial charge in [-0.05, 0) is 47.7 Å². The summed E-state index contributed by atoms with van der Waals surface area (Å²) in [4.78, 5) is 18.8. The summed E-state index contributed by atoms with van der Waals surface area (Å²) in [6.07, 6.45) is 7.18. The third kappa shape index (κ3) is 5.31. The monoisotopic (exact) mass is 494 g/mol. The molecule has 0 radical (unpaired) electrons. The van der Waals surface area contributed by atoms with Crippen molar-refractivity contribution < 1.29 is 4.79 Å². The number of likely N-dealkylation sites (tertiary alicyclic amines) is 1. The van der Waals surface area contributed by atoms with Crippen molar-refractivity contribution in [3.63, 3.8) is 0 Å². The van der Waals surface area contributed by atoms with E-state index in [1.165, 1.54) is 0 Å². The molecule has 5 rings (SSSR count). The van der Waals surface area contributed by atoms with Gasteiger partial charge in [0.2, 0.25) is 5.91 Å². The van der Waals surface area contributed by atoms with Crippen molar-refractivity contribution in [2.75, 3.05) is 6.54 Å². The van der Waals surface area contributed by atoms with Gasteiger partial charge in [-0.1, -0.05) is 60.6 Å². The zero-order valence-electron chi connectivity index (χ0n) is 19.9. The quantitative estimate of drug-likeness (QED) is 0.320. The predicted octanol–water partition coefficient (Wildman–Crippen LogP) is 5.40. The van der Waals surface area contributed by atoms with Crippen LogP contribution in [0.25, 0.3) is 16.8 Å². The number of carbonyl (C=O) groups is 1. The molecule has 0 saturated carbocycles. The number of pyridine rings is 1. The summed E-state index contributed by atoms with van der Waals surface area (Å²) in [6.45, 7) is 1.19. The fourth-order valence-corrected chi connectivity index (χ4v) is 5.31. The van der Waals surface area contributed by atoms with Gasteiger partial charge in [-0.15, -0.1) is 10.2 Å². The summed E-state index contributed by atoms with van der Waals surface area (Å²) in [6, 6.07) is 22.0. The van der Waals surface area contributed by atoms with E-state index in [-0.39, 0.29) is 5.91 Å². The maximum atomic E-state index is 12.6. The number of carbonyl (C=O) groups excluding carboxylic acids is 1. The number of nitriles is 1. The Morgan fingerprint density at radius 2 is 1.83 bits per heavy atom. The minimum absolute atomic E-state index is 0.181. The van der Waals surface area contributed by atoms with E-state index >= 15 is 0 Å². The van der Waals surface area contributed by atoms with Gasteiger partial charge >= 0.3 is 0 Å². The molecule has 1 amide bonds. The van der Waals surface area contributed by atoms with E-state index in [4.69, 9.17) is 0 Å². The van der Waals surface area contributed by atoms with E-state index in [2.05, 4.69) is 33.4 Å². The van der Waals surface area contributed by atoms with Crippen LogP contribution >= 0.6 is 11.8 Å². The minimum atomic E-state index is 0.181. The smallest absolute Gasteiger partial charge is 0.222 e. The molecule has 8 heteroatoms. The molecule has 1 aliphatic heterocycles. The van der Waals surface area contributed by atoms with Crippen LogP contribution in [0.1, 0.15) is 42.6 Å². The molecule has 2 aromatic heterocycles. The van der Waals surface area contributed by atoms with Gasteiger partial charge in [0, 0.05) is 24.9 Å². The molecule has 36 heavy (non-hydrogen) atoms. The Hall–Kier alpha value is -3.96. The summed E-state index contributed by atoms with van der Waals surface area (Å²) < 4.78 is 2.01. The Kier molecular flexibility index (Phi) is 7.39. The zero-order chi connectivity index (χ0) is 24.7. The summed E-state index contributed by atoms with van der Waals surface area (Å²) in [5.74, 6) is 1.63. The third-order valence-electron chi connectivity index (χ3n) is 6.29. The summed E-state index contributed by atoms with van der Waals surface area (Å²) in [5.41, 5.74) is 4.64. The van der Waals surface area contributed by atoms with E-state index in [1.54, 1.807) is 24.2 Å². The SMILES string of the molecule is N#Cc1ccccc1-c1ccc(CSc2nnc(CN3CCCCCC3=O)n2-c2cccnc2)cc1. The van der Waals surface area contributed by atoms with Crippen molar-refractivity contribution in [1.82, 2.24) is 24.6 Å². The molecule has 4 aromatic rings. The maximum Gasteiger partial charge on any atom is 0.222 e. The molecule has 0 spiro atoms. The highest BCUT2D eigenvalue weighted by molar-refractivity contribution is 7.98. The van der Waals surface area contributed by atoms with Crippen LogP contribution < -0.4 is 0 Å². The fourth-order valence-electron chi connectivity index (χ4n) is 4.38. The van der Waals surface area contributed by atoms with Crippen molar-refractivity contribution in [1.29, 1.82) is 5.26 Å². The van der Waals surface area contributed by atoms with E-state index in [9.17, 15) is 10.1 Å². The number of thioether (sulfide) groups is 1. The second kappa shape index (κ2) is 11.2. The predicted molar refractivity (Wildman–Crippen MR) is 139 cm³/mol. The number of amides is 1. The summed E-state index contributed by atoms with van der Waals surface area (Å²) in [7, 11) is 0. The van der Waals surface area contributed by atoms with Crippen molar-refractivity contribution in [3.8, 4) is 22.9 Å². The molecule has 3 heterocycles. The Morgan fingerprint density at radius 3 is 2.64 bits per heavy atom. The number of nitrogens with zero attached hydrogens (tertiary/aromatic N) is 6. The molecule has 1 saturated heterocycles. The van der Waals surface area contributed by atoms with Gasteiger partial charge in [0.05, 0.1) is 30.1 Å². The van der Waals surface area contributed by atoms with Crippen LogP contribution in [0.3, 0.4) is 0 Å². The standard InChI is InChI=1S/C28H26N6OS/c29-17-23-7-3-4-9-25(23)22-13-11-21(12-14-22)20-36-28-32-31-26(34(28)24-8-6-15-30-18-24)19-33-16-5-1-2-10-27(33)35/h3-4,6-9,11-15,18H,1-2,5,10,16,19-20H2. The summed E-state index contributed by atoms with van der Waals surface area (Å²) >= 11 is 1.60. The number of rotatable bonds is 7. The van der Waals surface area contributed by atoms with E-state index in [1.807, 2.05) is 58.0 Å². The maximum absolute atomic E-state index is 12.6. The average molecular weight is 495 g/mol. The van der Waals surface area contributed by atoms with E-state index in [0.29, 0.717) is 24.3 Å². The first-order chi connectivity index (χ1) is 17.7. The second-order valence-corrected chi connectivity index (χ2v) is 9.66. The van der Waals surface area contributed by atoms with Gasteiger partial charge in [-0.2, -0.15) is 5.26 Å². The topological polar surface area (TPSA) is 87.7 Å². The molecule has 0 aliphatic carbocycles. The molecular weight excluding hydrogens is 468 g/mol. The normalized spacial score (nSPS) is 13.9. The van der Waals surface area contributed by atoms with Crippen LogP contribution in [0, 0.1) is 11.3 Å². The van der Waals surface area contributed by atoms with Crippen molar-refractivity contribution in [2.24, 2.45) is 0 Å². The Morgan fingerprint density at radius 1 is 0.972 bits per heavy atom. The van der Waals surface area contributed by atoms with Gasteiger partial charge in [0.15, 0.2) is 11.0 Å². The molecule has 1 fully saturated rings. The van der Waals surface area contributed by atoms with E-state index < -0.39 is 0 Å². The molecule has 0 unspecified atom stereocenters. The summed E-state index contributed by atoms with van der Waals surface area (Å²) in [5, 5.41) is 19.1. The van der Waals surface area contributed by atoms with Crippen LogP contribution in [0.5, 0.6) is 0 Å². The molecule has 0 bridgehead atoms. The van der Waals surface area contributed by atoms with Crippen molar-refractivity contribution in [2.45, 2.75) is 43.1 Å². The molecule has 2 aromatic carbocycles. The Labute approximate surface area is 214 Å². The van der Waals surface area contributed by atoms with Crippen LogP contribution in [0.15, 0.2) is 78.2 Å². The highest BCUT2D eigenvalue weighted by Gasteiger charge is 2.22. The highest BCUT2D eigenvalue weighted by Crippen LogP contribution is 2.28. The zero-order valence-corrected chi connectivity index (χ0v) is 20.7. The van der Waals surface area contributed by atoms with Crippen LogP contribution in [-0.4, -0.2) is 37.1 Å². The van der Waals surface area contributed by atoms with Crippen LogP contribution in [-0.2, 0) is 17.1 Å². The first-order valence-electron chi connectivity index (χ1n) is 12.1. The van der Waals surface area contributed by atoms with Crippen molar-refractivity contribution in [3.05, 3.63) is 90.0 Å². The lowest BCUT2D eigenvalue weighted by Crippen LogP contribution is -2.31. The number of hydrogen-bond acceptors (Lipinski definition) is 6. The molecule has 0 atom stereocenters. The van der Waals surface area contributed by atoms with Crippen LogP contribution in [0.2, 0.25) is 0 Å². The third-order valence-corrected chi connectivity index (χ3v) is 7.29. The molecule has 7 nitrogen and oxygen atoms in total. The van der Waals surface area contributed by atoms with Gasteiger partial charge in [-0.3, -0.25) is 14.3 Å². The lowest BCUT2D eigenvalue weighted by atomic mass is 10.00. The number of aromatic nitrogens is 4. The minimum Gasteiger partial charge on any atom is -0.335 e. The van der Waals surface area contributed by atoms with Crippen LogP contribution in [0.4, 0.5) is 0 Å². The molecular formula is C28H26N6OS. The fraction of sp³-hybridized carbons (Fsp3) is 0.250. The Bertz CT molecular complexity index is 1380. The van der Waals surface area contributed by atoms with Gasteiger partial charge in [-0.25, -0.2) is 0 Å². The average Bonchev–Trinajstić information content (AvgIpc) is 3.22. The highest BCUT2D eigenvalue weighted by atomic mass is 32.2. The van der Waals surface area contributed by atoms with Gasteiger partial charge in [0.25, 0.3) is 0 Å². The molecule has 1 aliphatic rings. The molecule has 180 valence electrons. The lowest BCUT2D eigenvalue weighted by molar-refractivity contribution is -0.131. The second-order valence-electron chi connectivity index (χ2n) is 8.71. The van der Waals surface area contributed by atoms with Gasteiger partial charge in [0.1, 0.15) is 0 Å². The number of benzene rings is 2. The first-order valence-corrected chi connectivity index (χ1v) is 13.1.